The summed E-state index contributed by atoms with van der Waals surface area (Å²) in [6.45, 7) is 4.59. The van der Waals surface area contributed by atoms with Gasteiger partial charge in [-0.05, 0) is 102 Å². The highest BCUT2D eigenvalue weighted by molar-refractivity contribution is 7.89. The SMILES string of the molecule is CC(C)c1ccc2c(CCCCNS(=O)(=O)c3ccc4c(c3)CCCC4)cc(C(=O)O)c-2cc1. The predicted octanol–water partition coefficient (Wildman–Crippen LogP) is 5.79. The molecule has 0 aliphatic heterocycles. The molecule has 1 aromatic carbocycles. The fraction of sp³-hybridized carbons (Fsp3) is 0.393. The van der Waals surface area contributed by atoms with E-state index in [-0.39, 0.29) is 0 Å². The molecule has 3 aliphatic rings. The zero-order chi connectivity index (χ0) is 24.3. The van der Waals surface area contributed by atoms with Gasteiger partial charge >= 0.3 is 5.97 Å². The zero-order valence-corrected chi connectivity index (χ0v) is 20.7. The maximum Gasteiger partial charge on any atom is 0.336 e. The lowest BCUT2D eigenvalue weighted by Crippen LogP contribution is -2.25. The number of hydrogen-bond acceptors (Lipinski definition) is 3. The average Bonchev–Trinajstić information content (AvgIpc) is 3.00. The van der Waals surface area contributed by atoms with Gasteiger partial charge in [-0.15, -0.1) is 0 Å². The summed E-state index contributed by atoms with van der Waals surface area (Å²) in [5.41, 5.74) is 6.61. The summed E-state index contributed by atoms with van der Waals surface area (Å²) in [5.74, 6) is -0.567. The minimum absolute atomic E-state index is 0.323. The fourth-order valence-corrected chi connectivity index (χ4v) is 5.94. The highest BCUT2D eigenvalue weighted by Crippen LogP contribution is 2.34. The van der Waals surface area contributed by atoms with E-state index < -0.39 is 16.0 Å². The average molecular weight is 480 g/mol. The summed E-state index contributed by atoms with van der Waals surface area (Å²) >= 11 is 0. The maximum absolute atomic E-state index is 12.7. The van der Waals surface area contributed by atoms with Crippen LogP contribution in [0.5, 0.6) is 0 Å². The van der Waals surface area contributed by atoms with E-state index in [4.69, 9.17) is 0 Å². The molecular weight excluding hydrogens is 446 g/mol. The summed E-state index contributed by atoms with van der Waals surface area (Å²) < 4.78 is 28.2. The van der Waals surface area contributed by atoms with E-state index in [2.05, 4.69) is 24.6 Å². The van der Waals surface area contributed by atoms with E-state index in [1.165, 1.54) is 12.0 Å². The van der Waals surface area contributed by atoms with Crippen molar-refractivity contribution in [3.63, 3.8) is 0 Å². The largest absolute Gasteiger partial charge is 0.478 e. The van der Waals surface area contributed by atoms with E-state index in [1.54, 1.807) is 12.1 Å². The third-order valence-corrected chi connectivity index (χ3v) is 8.28. The van der Waals surface area contributed by atoms with Crippen LogP contribution in [-0.2, 0) is 29.3 Å². The number of unbranched alkanes of at least 4 members (excludes halogenated alkanes) is 1. The van der Waals surface area contributed by atoms with E-state index >= 15 is 0 Å². The van der Waals surface area contributed by atoms with Crippen LogP contribution in [-0.4, -0.2) is 26.0 Å². The molecule has 0 amide bonds. The molecule has 5 nitrogen and oxygen atoms in total. The van der Waals surface area contributed by atoms with E-state index in [0.717, 1.165) is 53.5 Å². The van der Waals surface area contributed by atoms with Gasteiger partial charge in [0.15, 0.2) is 0 Å². The Morgan fingerprint density at radius 3 is 2.35 bits per heavy atom. The topological polar surface area (TPSA) is 83.5 Å². The number of aryl methyl sites for hydroxylation is 3. The highest BCUT2D eigenvalue weighted by atomic mass is 32.2. The monoisotopic (exact) mass is 479 g/mol. The molecule has 34 heavy (non-hydrogen) atoms. The minimum Gasteiger partial charge on any atom is -0.478 e. The van der Waals surface area contributed by atoms with E-state index in [1.807, 2.05) is 30.3 Å². The number of hydrogen-bond donors (Lipinski definition) is 2. The van der Waals surface area contributed by atoms with Crippen LogP contribution in [0.2, 0.25) is 0 Å². The molecule has 0 atom stereocenters. The second-order valence-corrected chi connectivity index (χ2v) is 11.3. The molecule has 180 valence electrons. The Bertz CT molecular complexity index is 1260. The van der Waals surface area contributed by atoms with Crippen molar-refractivity contribution in [2.75, 3.05) is 6.54 Å². The third kappa shape index (κ3) is 5.34. The Balaban J connectivity index is 1.39. The van der Waals surface area contributed by atoms with Crippen molar-refractivity contribution in [1.29, 1.82) is 0 Å². The Morgan fingerprint density at radius 1 is 0.941 bits per heavy atom. The number of benzene rings is 1. The Kier molecular flexibility index (Phi) is 7.39. The van der Waals surface area contributed by atoms with Crippen LogP contribution in [0.15, 0.2) is 53.4 Å². The standard InChI is InChI=1S/C28H33NO4S/c1-19(2)20-11-14-25-23(18-27(28(30)31)26(25)15-12-20)9-5-6-16-29-34(32,33)24-13-10-21-7-3-4-8-22(21)17-24/h10-15,17-19,29H,3-9,16H2,1-2H3,(H,30,31). The Labute approximate surface area is 202 Å². The van der Waals surface area contributed by atoms with Gasteiger partial charge in [-0.3, -0.25) is 0 Å². The molecule has 2 N–H and O–H groups in total. The van der Waals surface area contributed by atoms with Crippen molar-refractivity contribution >= 4 is 16.0 Å². The first-order valence-electron chi connectivity index (χ1n) is 12.2. The number of aromatic carboxylic acids is 1. The number of nitrogens with one attached hydrogen (secondary N) is 1. The smallest absolute Gasteiger partial charge is 0.336 e. The van der Waals surface area contributed by atoms with Crippen LogP contribution < -0.4 is 4.72 Å². The third-order valence-electron chi connectivity index (χ3n) is 6.82. The normalized spacial score (nSPS) is 13.9. The molecule has 0 unspecified atom stereocenters. The predicted molar refractivity (Wildman–Crippen MR) is 135 cm³/mol. The Morgan fingerprint density at radius 2 is 1.65 bits per heavy atom. The number of sulfonamides is 1. The quantitative estimate of drug-likeness (QED) is 0.380. The number of fused-ring (bicyclic) bond motifs is 2. The zero-order valence-electron chi connectivity index (χ0n) is 19.9. The lowest BCUT2D eigenvalue weighted by atomic mass is 9.92. The van der Waals surface area contributed by atoms with Crippen molar-refractivity contribution < 1.29 is 18.3 Å². The number of carboxylic acid groups (broad SMARTS) is 1. The molecule has 4 rings (SSSR count). The molecule has 0 heterocycles. The molecule has 0 fully saturated rings. The van der Waals surface area contributed by atoms with Crippen LogP contribution in [0, 0.1) is 0 Å². The van der Waals surface area contributed by atoms with Crippen molar-refractivity contribution in [3.8, 4) is 11.1 Å². The van der Waals surface area contributed by atoms with Gasteiger partial charge in [-0.2, -0.15) is 0 Å². The molecule has 0 saturated heterocycles. The summed E-state index contributed by atoms with van der Waals surface area (Å²) in [6, 6.07) is 15.2. The van der Waals surface area contributed by atoms with Crippen LogP contribution in [0.3, 0.4) is 0 Å². The molecule has 3 aliphatic carbocycles. The second kappa shape index (κ2) is 10.3. The van der Waals surface area contributed by atoms with E-state index in [9.17, 15) is 18.3 Å². The van der Waals surface area contributed by atoms with Crippen molar-refractivity contribution in [2.45, 2.75) is 69.6 Å². The molecule has 0 bridgehead atoms. The van der Waals surface area contributed by atoms with Crippen LogP contribution in [0.25, 0.3) is 11.1 Å². The van der Waals surface area contributed by atoms with Gasteiger partial charge < -0.3 is 5.11 Å². The first kappa shape index (κ1) is 24.4. The van der Waals surface area contributed by atoms with Gasteiger partial charge in [0, 0.05) is 6.54 Å². The first-order chi connectivity index (χ1) is 16.3. The molecular formula is C28H33NO4S. The molecule has 1 aromatic rings. The maximum atomic E-state index is 12.7. The molecule has 0 aromatic heterocycles. The fourth-order valence-electron chi connectivity index (χ4n) is 4.81. The highest BCUT2D eigenvalue weighted by Gasteiger charge is 2.20. The van der Waals surface area contributed by atoms with Crippen LogP contribution in [0.1, 0.15) is 78.1 Å². The summed E-state index contributed by atoms with van der Waals surface area (Å²) in [4.78, 5) is 12.1. The lowest BCUT2D eigenvalue weighted by molar-refractivity contribution is 0.0698. The van der Waals surface area contributed by atoms with Crippen molar-refractivity contribution in [2.24, 2.45) is 0 Å². The van der Waals surface area contributed by atoms with Crippen molar-refractivity contribution in [3.05, 3.63) is 76.3 Å². The summed E-state index contributed by atoms with van der Waals surface area (Å²) in [7, 11) is -3.53. The Hall–Kier alpha value is -2.70. The van der Waals surface area contributed by atoms with Gasteiger partial charge in [0.05, 0.1) is 10.5 Å². The van der Waals surface area contributed by atoms with Gasteiger partial charge in [-0.25, -0.2) is 17.9 Å². The number of carbonyl (C=O) groups is 1. The first-order valence-corrected chi connectivity index (χ1v) is 13.6. The molecule has 0 radical (unpaired) electrons. The lowest BCUT2D eigenvalue weighted by Gasteiger charge is -2.16. The second-order valence-electron chi connectivity index (χ2n) is 9.53. The molecule has 6 heteroatoms. The van der Waals surface area contributed by atoms with Gasteiger partial charge in [0.2, 0.25) is 10.0 Å². The molecule has 0 spiro atoms. The van der Waals surface area contributed by atoms with Gasteiger partial charge in [0.25, 0.3) is 0 Å². The number of carboxylic acids is 1. The van der Waals surface area contributed by atoms with Crippen molar-refractivity contribution in [1.82, 2.24) is 4.72 Å². The van der Waals surface area contributed by atoms with E-state index in [0.29, 0.717) is 35.8 Å². The van der Waals surface area contributed by atoms with Crippen LogP contribution in [0.4, 0.5) is 0 Å². The molecule has 0 saturated carbocycles. The van der Waals surface area contributed by atoms with Crippen LogP contribution >= 0.6 is 0 Å². The van der Waals surface area contributed by atoms with Gasteiger partial charge in [-0.1, -0.05) is 44.2 Å². The summed E-state index contributed by atoms with van der Waals surface area (Å²) in [6.07, 6.45) is 6.39. The van der Waals surface area contributed by atoms with Gasteiger partial charge in [0.1, 0.15) is 0 Å². The number of rotatable bonds is 9. The minimum atomic E-state index is -3.53. The summed E-state index contributed by atoms with van der Waals surface area (Å²) in [5, 5.41) is 9.66.